The van der Waals surface area contributed by atoms with E-state index >= 15 is 0 Å². The predicted molar refractivity (Wildman–Crippen MR) is 86.1 cm³/mol. The van der Waals surface area contributed by atoms with Crippen LogP contribution in [0.5, 0.6) is 0 Å². The van der Waals surface area contributed by atoms with Gasteiger partial charge in [0.05, 0.1) is 0 Å². The maximum absolute atomic E-state index is 3.57. The van der Waals surface area contributed by atoms with Crippen molar-refractivity contribution in [2.24, 2.45) is 11.8 Å². The van der Waals surface area contributed by atoms with Gasteiger partial charge in [0.15, 0.2) is 0 Å². The molecule has 2 nitrogen and oxygen atoms in total. The van der Waals surface area contributed by atoms with Crippen molar-refractivity contribution < 1.29 is 0 Å². The topological polar surface area (TPSA) is 15.3 Å². The molecule has 1 heterocycles. The van der Waals surface area contributed by atoms with E-state index in [0.29, 0.717) is 0 Å². The lowest BCUT2D eigenvalue weighted by Gasteiger charge is -2.43. The molecule has 0 bridgehead atoms. The Morgan fingerprint density at radius 3 is 2.80 bits per heavy atom. The number of benzene rings is 1. The van der Waals surface area contributed by atoms with Crippen molar-refractivity contribution in [3.8, 4) is 0 Å². The fourth-order valence-corrected chi connectivity index (χ4v) is 4.13. The summed E-state index contributed by atoms with van der Waals surface area (Å²) in [5.74, 6) is 1.65. The number of nitrogens with one attached hydrogen (secondary N) is 1. The van der Waals surface area contributed by atoms with Crippen LogP contribution < -0.4 is 10.2 Å². The molecule has 3 rings (SSSR count). The van der Waals surface area contributed by atoms with Gasteiger partial charge in [-0.2, -0.15) is 0 Å². The molecule has 1 aromatic rings. The van der Waals surface area contributed by atoms with Gasteiger partial charge in [0.1, 0.15) is 0 Å². The van der Waals surface area contributed by atoms with E-state index in [4.69, 9.17) is 0 Å². The van der Waals surface area contributed by atoms with Crippen LogP contribution in [0.1, 0.15) is 45.1 Å². The molecule has 110 valence electrons. The number of anilines is 1. The lowest BCUT2D eigenvalue weighted by atomic mass is 9.77. The Balaban J connectivity index is 1.91. The molecular weight excluding hydrogens is 244 g/mol. The summed E-state index contributed by atoms with van der Waals surface area (Å²) in [5.41, 5.74) is 2.95. The van der Waals surface area contributed by atoms with E-state index in [1.54, 1.807) is 0 Å². The van der Waals surface area contributed by atoms with E-state index < -0.39 is 0 Å². The van der Waals surface area contributed by atoms with Crippen LogP contribution in [0.25, 0.3) is 0 Å². The highest BCUT2D eigenvalue weighted by atomic mass is 15.2. The SMILES string of the molecule is CC(C)C1CCCCC1N1CCNCc2ccccc21. The average Bonchev–Trinajstić information content (AvgIpc) is 2.69. The van der Waals surface area contributed by atoms with E-state index in [0.717, 1.165) is 37.5 Å². The summed E-state index contributed by atoms with van der Waals surface area (Å²) in [6.45, 7) is 8.10. The number of nitrogens with zero attached hydrogens (tertiary/aromatic N) is 1. The molecule has 2 heteroatoms. The van der Waals surface area contributed by atoms with Gasteiger partial charge in [0.25, 0.3) is 0 Å². The van der Waals surface area contributed by atoms with Gasteiger partial charge in [-0.15, -0.1) is 0 Å². The molecule has 0 spiro atoms. The first-order chi connectivity index (χ1) is 9.77. The third kappa shape index (κ3) is 2.71. The van der Waals surface area contributed by atoms with Gasteiger partial charge in [-0.1, -0.05) is 44.9 Å². The number of hydrogen-bond donors (Lipinski definition) is 1. The standard InChI is InChI=1S/C18H28N2/c1-14(2)16-8-4-6-10-18(16)20-12-11-19-13-15-7-3-5-9-17(15)20/h3,5,7,9,14,16,18-19H,4,6,8,10-13H2,1-2H3. The molecular formula is C18H28N2. The Kier molecular flexibility index (Phi) is 4.30. The highest BCUT2D eigenvalue weighted by molar-refractivity contribution is 5.55. The molecule has 1 saturated carbocycles. The van der Waals surface area contributed by atoms with Crippen molar-refractivity contribution in [3.05, 3.63) is 29.8 Å². The Hall–Kier alpha value is -1.02. The average molecular weight is 272 g/mol. The molecule has 1 N–H and O–H groups in total. The molecule has 0 aromatic heterocycles. The second-order valence-electron chi connectivity index (χ2n) is 6.76. The van der Waals surface area contributed by atoms with Gasteiger partial charge in [0.2, 0.25) is 0 Å². The van der Waals surface area contributed by atoms with Crippen LogP contribution in [-0.2, 0) is 6.54 Å². The zero-order valence-electron chi connectivity index (χ0n) is 12.9. The number of fused-ring (bicyclic) bond motifs is 1. The highest BCUT2D eigenvalue weighted by Gasteiger charge is 2.33. The zero-order chi connectivity index (χ0) is 13.9. The highest BCUT2D eigenvalue weighted by Crippen LogP contribution is 2.37. The molecule has 1 aliphatic heterocycles. The first-order valence-electron chi connectivity index (χ1n) is 8.32. The van der Waals surface area contributed by atoms with Crippen molar-refractivity contribution in [2.45, 2.75) is 52.1 Å². The molecule has 2 aliphatic rings. The number of para-hydroxylation sites is 1. The molecule has 20 heavy (non-hydrogen) atoms. The van der Waals surface area contributed by atoms with Gasteiger partial charge in [-0.25, -0.2) is 0 Å². The van der Waals surface area contributed by atoms with Crippen molar-refractivity contribution in [1.82, 2.24) is 5.32 Å². The Labute approximate surface area is 123 Å². The normalized spacial score (nSPS) is 27.2. The fourth-order valence-electron chi connectivity index (χ4n) is 4.13. The molecule has 1 aromatic carbocycles. The number of rotatable bonds is 2. The minimum Gasteiger partial charge on any atom is -0.367 e. The van der Waals surface area contributed by atoms with Gasteiger partial charge < -0.3 is 10.2 Å². The largest absolute Gasteiger partial charge is 0.367 e. The van der Waals surface area contributed by atoms with E-state index in [2.05, 4.69) is 48.3 Å². The Morgan fingerprint density at radius 2 is 1.95 bits per heavy atom. The third-order valence-electron chi connectivity index (χ3n) is 5.18. The molecule has 0 saturated heterocycles. The predicted octanol–water partition coefficient (Wildman–Crippen LogP) is 3.81. The van der Waals surface area contributed by atoms with Gasteiger partial charge in [0, 0.05) is 31.4 Å². The van der Waals surface area contributed by atoms with Crippen molar-refractivity contribution >= 4 is 5.69 Å². The maximum atomic E-state index is 3.57. The van der Waals surface area contributed by atoms with Crippen LogP contribution in [0, 0.1) is 11.8 Å². The Morgan fingerprint density at radius 1 is 1.15 bits per heavy atom. The summed E-state index contributed by atoms with van der Waals surface area (Å²) in [7, 11) is 0. The van der Waals surface area contributed by atoms with E-state index in [9.17, 15) is 0 Å². The van der Waals surface area contributed by atoms with Crippen LogP contribution in [0.4, 0.5) is 5.69 Å². The number of hydrogen-bond acceptors (Lipinski definition) is 2. The lowest BCUT2D eigenvalue weighted by molar-refractivity contribution is 0.229. The maximum Gasteiger partial charge on any atom is 0.0414 e. The second-order valence-corrected chi connectivity index (χ2v) is 6.76. The van der Waals surface area contributed by atoms with Crippen molar-refractivity contribution in [1.29, 1.82) is 0 Å². The summed E-state index contributed by atoms with van der Waals surface area (Å²) < 4.78 is 0. The zero-order valence-corrected chi connectivity index (χ0v) is 12.9. The fraction of sp³-hybridized carbons (Fsp3) is 0.667. The minimum absolute atomic E-state index is 0.741. The second kappa shape index (κ2) is 6.17. The summed E-state index contributed by atoms with van der Waals surface area (Å²) >= 11 is 0. The van der Waals surface area contributed by atoms with E-state index in [1.807, 2.05) is 0 Å². The first kappa shape index (κ1) is 13.9. The minimum atomic E-state index is 0.741. The van der Waals surface area contributed by atoms with Gasteiger partial charge >= 0.3 is 0 Å². The van der Waals surface area contributed by atoms with E-state index in [-0.39, 0.29) is 0 Å². The molecule has 0 amide bonds. The summed E-state index contributed by atoms with van der Waals surface area (Å²) in [6, 6.07) is 9.72. The van der Waals surface area contributed by atoms with E-state index in [1.165, 1.54) is 36.9 Å². The summed E-state index contributed by atoms with van der Waals surface area (Å²) in [4.78, 5) is 2.72. The van der Waals surface area contributed by atoms with Gasteiger partial charge in [-0.05, 0) is 36.3 Å². The monoisotopic (exact) mass is 272 g/mol. The summed E-state index contributed by atoms with van der Waals surface area (Å²) in [5, 5.41) is 3.57. The molecule has 1 aliphatic carbocycles. The quantitative estimate of drug-likeness (QED) is 0.880. The van der Waals surface area contributed by atoms with Crippen LogP contribution in [0.3, 0.4) is 0 Å². The molecule has 2 unspecified atom stereocenters. The smallest absolute Gasteiger partial charge is 0.0414 e. The van der Waals surface area contributed by atoms with Gasteiger partial charge in [-0.3, -0.25) is 0 Å². The van der Waals surface area contributed by atoms with Crippen molar-refractivity contribution in [2.75, 3.05) is 18.0 Å². The van der Waals surface area contributed by atoms with Crippen molar-refractivity contribution in [3.63, 3.8) is 0 Å². The van der Waals surface area contributed by atoms with Crippen LogP contribution in [-0.4, -0.2) is 19.1 Å². The first-order valence-corrected chi connectivity index (χ1v) is 8.32. The lowest BCUT2D eigenvalue weighted by Crippen LogP contribution is -2.46. The molecule has 2 atom stereocenters. The van der Waals surface area contributed by atoms with Crippen LogP contribution in [0.2, 0.25) is 0 Å². The summed E-state index contributed by atoms with van der Waals surface area (Å²) in [6.07, 6.45) is 5.61. The van der Waals surface area contributed by atoms with Crippen LogP contribution in [0.15, 0.2) is 24.3 Å². The molecule has 0 radical (unpaired) electrons. The molecule has 1 fully saturated rings. The Bertz CT molecular complexity index is 441. The van der Waals surface area contributed by atoms with Crippen LogP contribution >= 0.6 is 0 Å². The third-order valence-corrected chi connectivity index (χ3v) is 5.18.